The van der Waals surface area contributed by atoms with Gasteiger partial charge in [0.15, 0.2) is 0 Å². The summed E-state index contributed by atoms with van der Waals surface area (Å²) < 4.78 is 169. The van der Waals surface area contributed by atoms with E-state index < -0.39 is 39.3 Å². The number of rotatable bonds is 5. The Balaban J connectivity index is 6.37. The molecule has 23 heavy (non-hydrogen) atoms. The van der Waals surface area contributed by atoms with E-state index in [0.29, 0.717) is 15.9 Å². The first kappa shape index (κ1) is 23.0. The molecule has 0 radical (unpaired) electrons. The normalized spacial score (nSPS) is 18.8. The van der Waals surface area contributed by atoms with Crippen molar-refractivity contribution >= 4 is 31.9 Å². The largest absolute Gasteiger partial charge is 0.460 e. The number of alkyl halides is 16. The molecule has 0 aliphatic heterocycles. The third kappa shape index (κ3) is 3.01. The van der Waals surface area contributed by atoms with Gasteiger partial charge in [-0.15, -0.1) is 0 Å². The minimum absolute atomic E-state index is 0.616. The molecular formula is C7Br2F14. The van der Waals surface area contributed by atoms with Gasteiger partial charge in [-0.1, -0.05) is 0 Å². The predicted octanol–water partition coefficient (Wildman–Crippen LogP) is 6.14. The summed E-state index contributed by atoms with van der Waals surface area (Å²) in [7, 11) is 0. The summed E-state index contributed by atoms with van der Waals surface area (Å²) in [5.41, 5.74) is 0. The summed E-state index contributed by atoms with van der Waals surface area (Å²) in [5.74, 6) is -31.1. The van der Waals surface area contributed by atoms with Crippen LogP contribution in [0.5, 0.6) is 0 Å². The zero-order valence-corrected chi connectivity index (χ0v) is 12.7. The molecule has 0 aromatic rings. The zero-order chi connectivity index (χ0) is 19.5. The predicted molar refractivity (Wildman–Crippen MR) is 52.5 cm³/mol. The van der Waals surface area contributed by atoms with E-state index in [9.17, 15) is 61.5 Å². The molecule has 0 heterocycles. The fraction of sp³-hybridized carbons (Fsp3) is 1.00. The number of hydrogen-bond acceptors (Lipinski definition) is 0. The van der Waals surface area contributed by atoms with Gasteiger partial charge in [0.25, 0.3) is 0 Å². The maximum Gasteiger partial charge on any atom is 0.460 e. The molecule has 0 aliphatic carbocycles. The van der Waals surface area contributed by atoms with Gasteiger partial charge < -0.3 is 0 Å². The van der Waals surface area contributed by atoms with Gasteiger partial charge in [0.2, 0.25) is 0 Å². The molecule has 1 atom stereocenters. The molecule has 0 fully saturated rings. The Morgan fingerprint density at radius 1 is 0.391 bits per heavy atom. The highest BCUT2D eigenvalue weighted by Gasteiger charge is 2.92. The minimum atomic E-state index is -7.98. The molecule has 0 aliphatic rings. The van der Waals surface area contributed by atoms with Crippen LogP contribution in [0.4, 0.5) is 61.5 Å². The van der Waals surface area contributed by atoms with Crippen molar-refractivity contribution in [2.75, 3.05) is 0 Å². The fourth-order valence-corrected chi connectivity index (χ4v) is 1.45. The average Bonchev–Trinajstić information content (AvgIpc) is 2.24. The van der Waals surface area contributed by atoms with Gasteiger partial charge in [-0.3, -0.25) is 0 Å². The Labute approximate surface area is 133 Å². The van der Waals surface area contributed by atoms with Gasteiger partial charge in [-0.2, -0.15) is 57.1 Å². The molecule has 16 heteroatoms. The third-order valence-corrected chi connectivity index (χ3v) is 4.36. The van der Waals surface area contributed by atoms with Crippen molar-refractivity contribution in [2.45, 2.75) is 39.3 Å². The summed E-state index contributed by atoms with van der Waals surface area (Å²) in [6, 6.07) is 0. The highest BCUT2D eigenvalue weighted by molar-refractivity contribution is 9.12. The second kappa shape index (κ2) is 5.49. The maximum atomic E-state index is 13.1. The molecule has 140 valence electrons. The van der Waals surface area contributed by atoms with Crippen LogP contribution in [0.25, 0.3) is 0 Å². The van der Waals surface area contributed by atoms with Gasteiger partial charge in [0.05, 0.1) is 0 Å². The summed E-state index contributed by atoms with van der Waals surface area (Å²) in [6.45, 7) is 0. The first-order valence-electron chi connectivity index (χ1n) is 4.52. The van der Waals surface area contributed by atoms with Crippen LogP contribution in [0.2, 0.25) is 0 Å². The molecule has 0 aromatic carbocycles. The molecule has 0 saturated carbocycles. The van der Waals surface area contributed by atoms with Crippen LogP contribution >= 0.6 is 31.9 Å². The lowest BCUT2D eigenvalue weighted by Crippen LogP contribution is -2.71. The van der Waals surface area contributed by atoms with Crippen LogP contribution in [0.15, 0.2) is 0 Å². The monoisotopic (exact) mass is 508 g/mol. The van der Waals surface area contributed by atoms with Gasteiger partial charge >= 0.3 is 39.3 Å². The molecular weight excluding hydrogens is 510 g/mol. The standard InChI is InChI=1S/C7Br2F14/c8-1(10,6(9,19)20)2(11,12)3(13,14)4(15,16)5(17,18)7(21,22)23/t1-/m1/s1. The van der Waals surface area contributed by atoms with E-state index in [1.807, 2.05) is 0 Å². The van der Waals surface area contributed by atoms with Crippen molar-refractivity contribution in [1.82, 2.24) is 0 Å². The number of halogens is 16. The average molecular weight is 510 g/mol. The smallest absolute Gasteiger partial charge is 0.216 e. The van der Waals surface area contributed by atoms with Gasteiger partial charge in [-0.05, 0) is 31.9 Å². The molecule has 0 rings (SSSR count). The first-order valence-corrected chi connectivity index (χ1v) is 6.11. The van der Waals surface area contributed by atoms with E-state index in [1.54, 1.807) is 0 Å². The molecule has 0 spiro atoms. The molecule has 0 amide bonds. The zero-order valence-electron chi connectivity index (χ0n) is 9.55. The van der Waals surface area contributed by atoms with Gasteiger partial charge in [0.1, 0.15) is 0 Å². The minimum Gasteiger partial charge on any atom is -0.216 e. The van der Waals surface area contributed by atoms with E-state index in [4.69, 9.17) is 0 Å². The lowest BCUT2D eigenvalue weighted by atomic mass is 9.95. The van der Waals surface area contributed by atoms with Crippen molar-refractivity contribution in [3.8, 4) is 0 Å². The summed E-state index contributed by atoms with van der Waals surface area (Å²) in [6.07, 6.45) is -7.47. The van der Waals surface area contributed by atoms with Crippen molar-refractivity contribution in [1.29, 1.82) is 0 Å². The SMILES string of the molecule is FC(F)(F)C(F)(F)C(F)(F)C(F)(F)C(F)(F)[C@](F)(Br)C(F)(F)Br. The Morgan fingerprint density at radius 2 is 0.652 bits per heavy atom. The lowest BCUT2D eigenvalue weighted by Gasteiger charge is -2.41. The Bertz CT molecular complexity index is 403. The topological polar surface area (TPSA) is 0 Å². The number of hydrogen-bond donors (Lipinski definition) is 0. The van der Waals surface area contributed by atoms with Crippen molar-refractivity contribution in [3.05, 3.63) is 0 Å². The van der Waals surface area contributed by atoms with E-state index in [1.165, 1.54) is 0 Å². The second-order valence-electron chi connectivity index (χ2n) is 3.87. The lowest BCUT2D eigenvalue weighted by molar-refractivity contribution is -0.430. The summed E-state index contributed by atoms with van der Waals surface area (Å²) >= 11 is 1.38. The van der Waals surface area contributed by atoms with E-state index in [-0.39, 0.29) is 0 Å². The quantitative estimate of drug-likeness (QED) is 0.309. The molecule has 0 N–H and O–H groups in total. The van der Waals surface area contributed by atoms with E-state index in [2.05, 4.69) is 0 Å². The van der Waals surface area contributed by atoms with Crippen LogP contribution in [0.3, 0.4) is 0 Å². The maximum absolute atomic E-state index is 13.1. The molecule has 0 saturated heterocycles. The van der Waals surface area contributed by atoms with Crippen molar-refractivity contribution in [2.24, 2.45) is 0 Å². The van der Waals surface area contributed by atoms with Crippen LogP contribution in [-0.4, -0.2) is 39.3 Å². The van der Waals surface area contributed by atoms with Crippen LogP contribution in [-0.2, 0) is 0 Å². The van der Waals surface area contributed by atoms with Gasteiger partial charge in [-0.25, -0.2) is 4.39 Å². The van der Waals surface area contributed by atoms with Gasteiger partial charge in [0, 0.05) is 0 Å². The van der Waals surface area contributed by atoms with Crippen LogP contribution in [0.1, 0.15) is 0 Å². The van der Waals surface area contributed by atoms with Crippen LogP contribution in [0, 0.1) is 0 Å². The Morgan fingerprint density at radius 3 is 0.870 bits per heavy atom. The summed E-state index contributed by atoms with van der Waals surface area (Å²) in [4.78, 5) is -5.77. The second-order valence-corrected chi connectivity index (χ2v) is 5.96. The Hall–Kier alpha value is -0.0200. The van der Waals surface area contributed by atoms with Crippen molar-refractivity contribution < 1.29 is 61.5 Å². The van der Waals surface area contributed by atoms with Crippen LogP contribution < -0.4 is 0 Å². The molecule has 0 nitrogen and oxygen atoms in total. The molecule has 0 aromatic heterocycles. The fourth-order valence-electron chi connectivity index (χ4n) is 0.948. The highest BCUT2D eigenvalue weighted by atomic mass is 79.9. The summed E-state index contributed by atoms with van der Waals surface area (Å²) in [5, 5.41) is 0. The molecule has 0 unspecified atom stereocenters. The Kier molecular flexibility index (Phi) is 5.48. The molecule has 0 bridgehead atoms. The van der Waals surface area contributed by atoms with E-state index in [0.717, 1.165) is 15.9 Å². The highest BCUT2D eigenvalue weighted by Crippen LogP contribution is 2.64. The third-order valence-electron chi connectivity index (χ3n) is 2.29. The first-order chi connectivity index (χ1) is 9.50. The van der Waals surface area contributed by atoms with E-state index >= 15 is 0 Å². The van der Waals surface area contributed by atoms with Crippen molar-refractivity contribution in [3.63, 3.8) is 0 Å².